The van der Waals surface area contributed by atoms with Crippen LogP contribution in [0.1, 0.15) is 153 Å². The Morgan fingerprint density at radius 2 is 1.29 bits per heavy atom. The van der Waals surface area contributed by atoms with Gasteiger partial charge in [0.05, 0.1) is 25.1 Å². The van der Waals surface area contributed by atoms with Crippen molar-refractivity contribution < 1.29 is 92.7 Å². The van der Waals surface area contributed by atoms with E-state index in [2.05, 4.69) is 16.0 Å². The van der Waals surface area contributed by atoms with Gasteiger partial charge >= 0.3 is 12.4 Å². The number of benzene rings is 2. The number of nitrogens with one attached hydrogen (secondary N) is 3. The second-order valence-corrected chi connectivity index (χ2v) is 30.2. The quantitative estimate of drug-likeness (QED) is 0.160. The minimum absolute atomic E-state index is 0.000314. The number of carbonyl (C=O) groups excluding carboxylic acids is 12. The van der Waals surface area contributed by atoms with E-state index in [1.807, 2.05) is 0 Å². The fourth-order valence-electron chi connectivity index (χ4n) is 15.3. The predicted molar refractivity (Wildman–Crippen MR) is 375 cm³/mol. The molecule has 3 saturated carbocycles. The first-order chi connectivity index (χ1) is 50.2. The standard InChI is InChI=1S/C75H102F8N12O12/c1-12-44(4)62-70(105)89(7)42-60(98)90(8)53-22-15-14-18-33-94(69(53)104)57(38-46-25-28-49(29-26-46)74(78,79)80)68(103)88(6)41-58(96)84-52(30-27-47-35-50(76)61(51(77)36-47)75(81,82)83)66(101)95-40-43(3)34-55(95)65(100)86-73(31-19-32-73)72(107)93(11)63(48-20-16-17-21-48)71(106)92(10)56(67(102)87(5)13-2)39-59(97)91(9)54(64(99)85-62)37-45-23-24-45/h14-15,25-26,28-29,35-36,43-45,48,52-57,62-63H,12-13,16-24,27,30-34,37-42H2,1-11H3,(H,84,96)(H,85,99)(H,86,100)/b15-14-/t43-,44-,52+,53-,54-,55-,56-,57-,62-,63-/m0/s1. The van der Waals surface area contributed by atoms with Gasteiger partial charge in [0.25, 0.3) is 0 Å². The molecule has 3 N–H and O–H groups in total. The van der Waals surface area contributed by atoms with Crippen molar-refractivity contribution in [2.75, 3.05) is 82.1 Å². The van der Waals surface area contributed by atoms with Gasteiger partial charge in [-0.25, -0.2) is 8.78 Å². The van der Waals surface area contributed by atoms with Crippen molar-refractivity contribution in [1.29, 1.82) is 0 Å². The smallest absolute Gasteiger partial charge is 0.344 e. The normalized spacial score (nSPS) is 26.9. The number of carbonyl (C=O) groups is 12. The molecule has 10 atom stereocenters. The van der Waals surface area contributed by atoms with Crippen LogP contribution >= 0.6 is 0 Å². The van der Waals surface area contributed by atoms with E-state index in [1.165, 1.54) is 57.0 Å². The number of rotatable bonds is 12. The lowest BCUT2D eigenvalue weighted by Crippen LogP contribution is -2.68. The highest BCUT2D eigenvalue weighted by atomic mass is 19.4. The number of fused-ring (bicyclic) bond motifs is 3. The molecule has 1 spiro atoms. The summed E-state index contributed by atoms with van der Waals surface area (Å²) in [5.74, 6) is -15.1. The molecule has 590 valence electrons. The number of aryl methyl sites for hydroxylation is 1. The molecule has 0 radical (unpaired) electrons. The molecule has 0 aromatic heterocycles. The number of halogens is 8. The zero-order chi connectivity index (χ0) is 79.1. The van der Waals surface area contributed by atoms with E-state index < -0.39 is 216 Å². The lowest BCUT2D eigenvalue weighted by Gasteiger charge is -2.46. The summed E-state index contributed by atoms with van der Waals surface area (Å²) < 4.78 is 114. The first-order valence-corrected chi connectivity index (χ1v) is 36.9. The maximum absolute atomic E-state index is 15.5. The SMILES string of the molecule is CC[C@H](C)[C@@H]1NC(=O)[C@H](CC2CC2)N(C)C(=O)C[C@@H](C(=O)N(C)CC)N(C)C(=O)[C@H](C2CCCC2)N(C)C(=O)C2(CCC2)NC(=O)[C@@H]2C[C@H](C)CN2C(=O)[C@@H](CCc2cc(F)c(C(F)(F)F)c(F)c2)NC(=O)CN(C)C(=O)[C@H](Cc2ccc(C(F)(F)F)cc2)N2CC/C=C\C[C@@H](C2=O)N(C)C(=O)CN(C)C1=O. The Morgan fingerprint density at radius 1 is 0.664 bits per heavy atom. The fraction of sp³-hybridized carbons (Fsp3) is 0.653. The molecule has 107 heavy (non-hydrogen) atoms. The Labute approximate surface area is 619 Å². The van der Waals surface area contributed by atoms with Crippen LogP contribution in [0, 0.1) is 35.3 Å². The van der Waals surface area contributed by atoms with Crippen LogP contribution in [0.15, 0.2) is 48.6 Å². The molecule has 12 amide bonds. The summed E-state index contributed by atoms with van der Waals surface area (Å²) in [5.41, 5.74) is -5.15. The topological polar surface area (TPSA) is 270 Å². The third kappa shape index (κ3) is 19.8. The van der Waals surface area contributed by atoms with Gasteiger partial charge in [0, 0.05) is 75.4 Å². The summed E-state index contributed by atoms with van der Waals surface area (Å²) in [6.07, 6.45) is -4.42. The van der Waals surface area contributed by atoms with Gasteiger partial charge in [-0.15, -0.1) is 0 Å². The average Bonchev–Trinajstić information content (AvgIpc) is 1.60. The van der Waals surface area contributed by atoms with E-state index in [4.69, 9.17) is 0 Å². The van der Waals surface area contributed by atoms with E-state index in [0.717, 1.165) is 73.6 Å². The van der Waals surface area contributed by atoms with Crippen molar-refractivity contribution in [3.05, 3.63) is 82.4 Å². The summed E-state index contributed by atoms with van der Waals surface area (Å²) >= 11 is 0. The molecular weight excluding hydrogens is 1410 g/mol. The zero-order valence-corrected chi connectivity index (χ0v) is 62.8. The molecular formula is C75H102F8N12O12. The molecule has 2 aromatic rings. The van der Waals surface area contributed by atoms with Gasteiger partial charge in [0.1, 0.15) is 71.1 Å². The first kappa shape index (κ1) is 83.9. The molecule has 2 bridgehead atoms. The number of hydrogen-bond donors (Lipinski definition) is 3. The van der Waals surface area contributed by atoms with Crippen LogP contribution in [0.25, 0.3) is 0 Å². The summed E-state index contributed by atoms with van der Waals surface area (Å²) in [5, 5.41) is 8.34. The van der Waals surface area contributed by atoms with E-state index in [0.29, 0.717) is 50.7 Å². The monoisotopic (exact) mass is 1510 g/mol. The van der Waals surface area contributed by atoms with Gasteiger partial charge in [-0.3, -0.25) is 57.5 Å². The maximum Gasteiger partial charge on any atom is 0.422 e. The Bertz CT molecular complexity index is 3650. The predicted octanol–water partition coefficient (Wildman–Crippen LogP) is 6.11. The number of likely N-dealkylation sites (N-methyl/N-ethyl adjacent to an activating group) is 7. The maximum atomic E-state index is 15.5. The molecule has 3 aliphatic heterocycles. The van der Waals surface area contributed by atoms with Crippen LogP contribution in [0.4, 0.5) is 35.1 Å². The van der Waals surface area contributed by atoms with Gasteiger partial charge < -0.3 is 60.0 Å². The van der Waals surface area contributed by atoms with Crippen LogP contribution in [-0.4, -0.2) is 251 Å². The highest BCUT2D eigenvalue weighted by Crippen LogP contribution is 2.40. The van der Waals surface area contributed by atoms with Crippen molar-refractivity contribution in [2.45, 2.75) is 209 Å². The second-order valence-electron chi connectivity index (χ2n) is 30.2. The zero-order valence-electron chi connectivity index (χ0n) is 62.8. The molecule has 8 rings (SSSR count). The van der Waals surface area contributed by atoms with Crippen LogP contribution in [0.3, 0.4) is 0 Å². The van der Waals surface area contributed by atoms with Gasteiger partial charge in [-0.05, 0) is 137 Å². The average molecular weight is 1520 g/mol. The van der Waals surface area contributed by atoms with Gasteiger partial charge in [0.15, 0.2) is 0 Å². The first-order valence-electron chi connectivity index (χ1n) is 36.9. The lowest BCUT2D eigenvalue weighted by molar-refractivity contribution is -0.158. The van der Waals surface area contributed by atoms with Crippen molar-refractivity contribution in [3.8, 4) is 0 Å². The fourth-order valence-corrected chi connectivity index (χ4v) is 15.3. The number of alkyl halides is 6. The van der Waals surface area contributed by atoms with Crippen LogP contribution in [0.5, 0.6) is 0 Å². The number of hydrogen-bond acceptors (Lipinski definition) is 12. The molecule has 24 nitrogen and oxygen atoms in total. The molecule has 3 heterocycles. The van der Waals surface area contributed by atoms with Crippen LogP contribution in [0.2, 0.25) is 0 Å². The largest absolute Gasteiger partial charge is 0.422 e. The third-order valence-corrected chi connectivity index (χ3v) is 22.5. The van der Waals surface area contributed by atoms with Gasteiger partial charge in [-0.2, -0.15) is 26.3 Å². The summed E-state index contributed by atoms with van der Waals surface area (Å²) in [4.78, 5) is 191. The highest BCUT2D eigenvalue weighted by molar-refractivity contribution is 6.01. The van der Waals surface area contributed by atoms with Crippen LogP contribution < -0.4 is 16.0 Å². The molecule has 2 saturated heterocycles. The second kappa shape index (κ2) is 35.1. The Morgan fingerprint density at radius 3 is 1.86 bits per heavy atom. The van der Waals surface area contributed by atoms with E-state index in [1.54, 1.807) is 39.8 Å². The highest BCUT2D eigenvalue weighted by Gasteiger charge is 2.54. The molecule has 6 aliphatic rings. The lowest BCUT2D eigenvalue weighted by atomic mass is 9.74. The molecule has 3 aliphatic carbocycles. The van der Waals surface area contributed by atoms with Crippen molar-refractivity contribution >= 4 is 70.9 Å². The Hall–Kier alpha value is -8.74. The number of amides is 12. The minimum Gasteiger partial charge on any atom is -0.344 e. The van der Waals surface area contributed by atoms with Gasteiger partial charge in [0.2, 0.25) is 70.9 Å². The van der Waals surface area contributed by atoms with Crippen LogP contribution in [-0.2, 0) is 82.7 Å². The van der Waals surface area contributed by atoms with Crippen molar-refractivity contribution in [3.63, 3.8) is 0 Å². The van der Waals surface area contributed by atoms with E-state index >= 15 is 37.5 Å². The Kier molecular flexibility index (Phi) is 27.5. The molecule has 32 heteroatoms. The minimum atomic E-state index is -5.44. The molecule has 2 aromatic carbocycles. The van der Waals surface area contributed by atoms with Crippen molar-refractivity contribution in [1.82, 2.24) is 60.0 Å². The van der Waals surface area contributed by atoms with E-state index in [9.17, 15) is 55.1 Å². The Balaban J connectivity index is 1.21. The third-order valence-electron chi connectivity index (χ3n) is 22.5. The number of nitrogens with zero attached hydrogens (tertiary/aromatic N) is 9. The summed E-state index contributed by atoms with van der Waals surface area (Å²) in [6, 6.07) is -6.89. The summed E-state index contributed by atoms with van der Waals surface area (Å²) in [7, 11) is 9.44. The van der Waals surface area contributed by atoms with E-state index in [-0.39, 0.29) is 75.2 Å². The van der Waals surface area contributed by atoms with Gasteiger partial charge in [-0.1, -0.05) is 77.2 Å². The molecule has 0 unspecified atom stereocenters. The van der Waals surface area contributed by atoms with Crippen molar-refractivity contribution in [2.24, 2.45) is 23.7 Å². The summed E-state index contributed by atoms with van der Waals surface area (Å²) in [6.45, 7) is 5.05. The molecule has 5 fully saturated rings.